The zero-order chi connectivity index (χ0) is 29.9. The highest BCUT2D eigenvalue weighted by atomic mass is 16.7. The molecular weight excluding hydrogens is 524 g/mol. The van der Waals surface area contributed by atoms with Crippen LogP contribution in [0, 0.1) is 40.4 Å². The minimum Gasteiger partial charge on any atom is -0.469 e. The predicted octanol–water partition coefficient (Wildman–Crippen LogP) is 7.40. The minimum absolute atomic E-state index is 0.106. The van der Waals surface area contributed by atoms with Gasteiger partial charge in [0.15, 0.2) is 0 Å². The highest BCUT2D eigenvalue weighted by Gasteiger charge is 2.60. The lowest BCUT2D eigenvalue weighted by Crippen LogP contribution is -2.54. The second-order valence-corrected chi connectivity index (χ2v) is 13.2. The van der Waals surface area contributed by atoms with Crippen molar-refractivity contribution < 1.29 is 38.1 Å². The molecule has 0 spiro atoms. The Hall–Kier alpha value is -2.51. The molecule has 0 heterocycles. The number of allylic oxidation sites excluding steroid dienone is 3. The third kappa shape index (κ3) is 5.90. The molecule has 0 aliphatic heterocycles. The van der Waals surface area contributed by atoms with Crippen molar-refractivity contribution in [2.45, 2.75) is 104 Å². The van der Waals surface area contributed by atoms with E-state index >= 15 is 0 Å². The van der Waals surface area contributed by atoms with Crippen molar-refractivity contribution in [2.75, 3.05) is 21.3 Å². The van der Waals surface area contributed by atoms with E-state index in [0.717, 1.165) is 50.5 Å². The fourth-order valence-electron chi connectivity index (χ4n) is 9.16. The number of hydrogen-bond acceptors (Lipinski definition) is 8. The van der Waals surface area contributed by atoms with Gasteiger partial charge in [-0.15, -0.1) is 0 Å². The molecule has 4 aliphatic rings. The first-order valence-electron chi connectivity index (χ1n) is 15.5. The van der Waals surface area contributed by atoms with Crippen molar-refractivity contribution in [3.8, 4) is 0 Å². The van der Waals surface area contributed by atoms with Crippen LogP contribution in [0.25, 0.3) is 0 Å². The fourth-order valence-corrected chi connectivity index (χ4v) is 9.16. The monoisotopic (exact) mass is 574 g/mol. The fraction of sp³-hybridized carbons (Fsp3) is 0.788. The van der Waals surface area contributed by atoms with Crippen LogP contribution in [-0.2, 0) is 28.5 Å². The molecule has 3 fully saturated rings. The van der Waals surface area contributed by atoms with Crippen LogP contribution in [-0.4, -0.2) is 51.8 Å². The van der Waals surface area contributed by atoms with Gasteiger partial charge >= 0.3 is 18.3 Å². The summed E-state index contributed by atoms with van der Waals surface area (Å²) < 4.78 is 26.2. The Morgan fingerprint density at radius 1 is 0.951 bits per heavy atom. The van der Waals surface area contributed by atoms with E-state index in [4.69, 9.17) is 23.7 Å². The number of fused-ring (bicyclic) bond motifs is 5. The third-order valence-electron chi connectivity index (χ3n) is 11.5. The van der Waals surface area contributed by atoms with E-state index in [9.17, 15) is 14.4 Å². The molecule has 8 heteroatoms. The molecule has 230 valence electrons. The Morgan fingerprint density at radius 3 is 2.32 bits per heavy atom. The average molecular weight is 575 g/mol. The largest absolute Gasteiger partial charge is 0.508 e. The van der Waals surface area contributed by atoms with E-state index in [2.05, 4.69) is 39.8 Å². The van der Waals surface area contributed by atoms with Crippen LogP contribution < -0.4 is 0 Å². The van der Waals surface area contributed by atoms with E-state index in [1.807, 2.05) is 0 Å². The van der Waals surface area contributed by atoms with Crippen LogP contribution in [0.15, 0.2) is 23.3 Å². The zero-order valence-corrected chi connectivity index (χ0v) is 26.0. The summed E-state index contributed by atoms with van der Waals surface area (Å²) in [7, 11) is 4.10. The van der Waals surface area contributed by atoms with Crippen molar-refractivity contribution >= 4 is 18.3 Å². The Kier molecular flexibility index (Phi) is 9.80. The number of methoxy groups -OCH3 is 3. The summed E-state index contributed by atoms with van der Waals surface area (Å²) in [6.07, 6.45) is 11.3. The van der Waals surface area contributed by atoms with Gasteiger partial charge in [0.05, 0.1) is 21.3 Å². The van der Waals surface area contributed by atoms with Crippen LogP contribution in [0.4, 0.5) is 9.59 Å². The van der Waals surface area contributed by atoms with Crippen molar-refractivity contribution in [1.82, 2.24) is 0 Å². The van der Waals surface area contributed by atoms with Gasteiger partial charge in [-0.2, -0.15) is 0 Å². The summed E-state index contributed by atoms with van der Waals surface area (Å²) in [4.78, 5) is 36.6. The Bertz CT molecular complexity index is 1050. The first-order chi connectivity index (χ1) is 19.5. The Labute approximate surface area is 245 Å². The van der Waals surface area contributed by atoms with E-state index in [1.165, 1.54) is 26.9 Å². The summed E-state index contributed by atoms with van der Waals surface area (Å²) in [6, 6.07) is 0. The van der Waals surface area contributed by atoms with Gasteiger partial charge in [-0.05, 0) is 67.1 Å². The average Bonchev–Trinajstić information content (AvgIpc) is 3.32. The number of hydrogen-bond donors (Lipinski definition) is 0. The van der Waals surface area contributed by atoms with Crippen LogP contribution in [0.3, 0.4) is 0 Å². The molecule has 0 bridgehead atoms. The smallest absolute Gasteiger partial charge is 0.469 e. The van der Waals surface area contributed by atoms with Gasteiger partial charge in [0.1, 0.15) is 12.2 Å². The molecule has 0 radical (unpaired) electrons. The maximum Gasteiger partial charge on any atom is 0.508 e. The van der Waals surface area contributed by atoms with Gasteiger partial charge < -0.3 is 23.7 Å². The quantitative estimate of drug-likeness (QED) is 0.207. The number of carbonyl (C=O) groups excluding carboxylic acids is 3. The Morgan fingerprint density at radius 2 is 1.66 bits per heavy atom. The molecule has 0 amide bonds. The lowest BCUT2D eigenvalue weighted by atomic mass is 9.49. The molecule has 4 aliphatic carbocycles. The van der Waals surface area contributed by atoms with Crippen LogP contribution in [0.5, 0.6) is 0 Å². The van der Waals surface area contributed by atoms with Gasteiger partial charge in [-0.25, -0.2) is 9.59 Å². The van der Waals surface area contributed by atoms with Crippen LogP contribution in [0.2, 0.25) is 0 Å². The van der Waals surface area contributed by atoms with Gasteiger partial charge in [0.25, 0.3) is 0 Å². The second kappa shape index (κ2) is 12.8. The minimum atomic E-state index is -0.730. The molecule has 0 aromatic rings. The molecule has 0 aromatic carbocycles. The number of unbranched alkanes of at least 4 members (excludes halogenated alkanes) is 1. The third-order valence-corrected chi connectivity index (χ3v) is 11.5. The van der Waals surface area contributed by atoms with Crippen LogP contribution in [0.1, 0.15) is 91.9 Å². The van der Waals surface area contributed by atoms with Gasteiger partial charge in [0, 0.05) is 24.7 Å². The summed E-state index contributed by atoms with van der Waals surface area (Å²) in [5.74, 6) is 1.86. The van der Waals surface area contributed by atoms with E-state index in [-0.39, 0.29) is 17.3 Å². The van der Waals surface area contributed by atoms with E-state index in [0.29, 0.717) is 42.9 Å². The zero-order valence-electron chi connectivity index (χ0n) is 26.0. The number of rotatable bonds is 9. The van der Waals surface area contributed by atoms with Crippen molar-refractivity contribution in [3.05, 3.63) is 23.3 Å². The van der Waals surface area contributed by atoms with Gasteiger partial charge in [-0.1, -0.05) is 63.8 Å². The molecule has 0 N–H and O–H groups in total. The summed E-state index contributed by atoms with van der Waals surface area (Å²) in [6.45, 7) is 9.26. The molecule has 0 saturated heterocycles. The maximum absolute atomic E-state index is 12.4. The molecular formula is C33H50O8. The predicted molar refractivity (Wildman–Crippen MR) is 154 cm³/mol. The first kappa shape index (κ1) is 31.4. The lowest BCUT2D eigenvalue weighted by Gasteiger charge is -2.57. The number of ether oxygens (including phenoxy) is 5. The highest BCUT2D eigenvalue weighted by Crippen LogP contribution is 2.67. The van der Waals surface area contributed by atoms with Gasteiger partial charge in [0.2, 0.25) is 0 Å². The van der Waals surface area contributed by atoms with E-state index in [1.54, 1.807) is 0 Å². The second-order valence-electron chi connectivity index (χ2n) is 13.2. The normalized spacial score (nSPS) is 35.3. The molecule has 3 saturated carbocycles. The number of carbonyl (C=O) groups is 3. The molecule has 2 unspecified atom stereocenters. The standard InChI is InChI=1S/C33H50O8/c1-8-9-10-21(17-29(34)37-5)20(2)25-13-14-26-24-12-11-22-18-23(40-30(35)38-6)19-28(41-31(36)39-7)33(22,4)27(24)15-16-32(25,26)3/h11-12,20-21,23,25-28H,8-10,13-19H2,1-7H3/t20-,21-,23?,25-,26+,27+,28?,32-,33+/m1/s1. The molecule has 41 heavy (non-hydrogen) atoms. The number of esters is 1. The molecule has 4 rings (SSSR count). The summed E-state index contributed by atoms with van der Waals surface area (Å²) >= 11 is 0. The van der Waals surface area contributed by atoms with Crippen molar-refractivity contribution in [3.63, 3.8) is 0 Å². The lowest BCUT2D eigenvalue weighted by molar-refractivity contribution is -0.142. The van der Waals surface area contributed by atoms with Crippen molar-refractivity contribution in [1.29, 1.82) is 0 Å². The molecule has 0 aromatic heterocycles. The molecule has 8 nitrogen and oxygen atoms in total. The highest BCUT2D eigenvalue weighted by molar-refractivity contribution is 5.69. The molecule has 9 atom stereocenters. The van der Waals surface area contributed by atoms with E-state index < -0.39 is 29.9 Å². The maximum atomic E-state index is 12.4. The SMILES string of the molecule is CCCC[C@H](CC(=O)OC)[C@@H](C)[C@H]1CC[C@H]2C3=CC=C4CC(OC(=O)OC)CC(OC(=O)OC)[C@]4(C)[C@H]3CC[C@]12C. The topological polar surface area (TPSA) is 97.4 Å². The van der Waals surface area contributed by atoms with Crippen LogP contribution >= 0.6 is 0 Å². The Balaban J connectivity index is 1.62. The first-order valence-corrected chi connectivity index (χ1v) is 15.5. The summed E-state index contributed by atoms with van der Waals surface area (Å²) in [5, 5.41) is 0. The summed E-state index contributed by atoms with van der Waals surface area (Å²) in [5.41, 5.74) is 2.34. The van der Waals surface area contributed by atoms with Crippen molar-refractivity contribution in [2.24, 2.45) is 40.4 Å². The van der Waals surface area contributed by atoms with Gasteiger partial charge in [-0.3, -0.25) is 4.79 Å².